The first kappa shape index (κ1) is 23.1. The molecule has 7 nitrogen and oxygen atoms in total. The zero-order valence-corrected chi connectivity index (χ0v) is 19.4. The van der Waals surface area contributed by atoms with Gasteiger partial charge in [0.05, 0.1) is 4.90 Å². The standard InChI is InChI=1S/C23H32N4O3S/c1-15-14-16(2)22(17(3)21(15)24)25-18(4)23(28)26-19-10-12-27(13-11-19)31(29,30)20-8-6-5-7-9-20/h5-9,14,18-19,25H,10-13,24H2,1-4H3,(H,26,28). The summed E-state index contributed by atoms with van der Waals surface area (Å²) in [5.41, 5.74) is 10.8. The molecule has 1 amide bonds. The lowest BCUT2D eigenvalue weighted by Crippen LogP contribution is -2.49. The fourth-order valence-corrected chi connectivity index (χ4v) is 5.50. The van der Waals surface area contributed by atoms with Gasteiger partial charge in [0.1, 0.15) is 6.04 Å². The van der Waals surface area contributed by atoms with Crippen LogP contribution >= 0.6 is 0 Å². The van der Waals surface area contributed by atoms with Gasteiger partial charge in [0, 0.05) is 30.5 Å². The minimum Gasteiger partial charge on any atom is -0.398 e. The molecular formula is C23H32N4O3S. The monoisotopic (exact) mass is 444 g/mol. The number of anilines is 2. The van der Waals surface area contributed by atoms with Crippen LogP contribution in [0.2, 0.25) is 0 Å². The number of hydrogen-bond acceptors (Lipinski definition) is 5. The molecule has 0 spiro atoms. The lowest BCUT2D eigenvalue weighted by atomic mass is 10.0. The van der Waals surface area contributed by atoms with Crippen LogP contribution in [-0.2, 0) is 14.8 Å². The van der Waals surface area contributed by atoms with Crippen molar-refractivity contribution in [3.63, 3.8) is 0 Å². The van der Waals surface area contributed by atoms with E-state index in [-0.39, 0.29) is 11.9 Å². The highest BCUT2D eigenvalue weighted by atomic mass is 32.2. The molecule has 1 aliphatic rings. The van der Waals surface area contributed by atoms with Gasteiger partial charge in [0.25, 0.3) is 0 Å². The van der Waals surface area contributed by atoms with Gasteiger partial charge in [-0.3, -0.25) is 4.79 Å². The maximum atomic E-state index is 12.8. The summed E-state index contributed by atoms with van der Waals surface area (Å²) in [5.74, 6) is -0.109. The van der Waals surface area contributed by atoms with Crippen LogP contribution in [0, 0.1) is 20.8 Å². The maximum Gasteiger partial charge on any atom is 0.243 e. The third-order valence-electron chi connectivity index (χ3n) is 5.97. The van der Waals surface area contributed by atoms with Gasteiger partial charge in [-0.15, -0.1) is 0 Å². The second-order valence-corrected chi connectivity index (χ2v) is 10.2. The van der Waals surface area contributed by atoms with Gasteiger partial charge in [0.15, 0.2) is 0 Å². The molecule has 3 rings (SSSR count). The predicted molar refractivity (Wildman–Crippen MR) is 125 cm³/mol. The molecule has 1 unspecified atom stereocenters. The quantitative estimate of drug-likeness (QED) is 0.594. The number of nitrogens with zero attached hydrogens (tertiary/aromatic N) is 1. The Balaban J connectivity index is 1.57. The zero-order chi connectivity index (χ0) is 22.8. The molecule has 1 aliphatic heterocycles. The van der Waals surface area contributed by atoms with E-state index in [4.69, 9.17) is 5.73 Å². The molecule has 1 atom stereocenters. The van der Waals surface area contributed by atoms with E-state index >= 15 is 0 Å². The minimum atomic E-state index is -3.49. The largest absolute Gasteiger partial charge is 0.398 e. The Morgan fingerprint density at radius 2 is 1.71 bits per heavy atom. The van der Waals surface area contributed by atoms with Crippen LogP contribution in [-0.4, -0.2) is 43.8 Å². The summed E-state index contributed by atoms with van der Waals surface area (Å²) in [6.45, 7) is 8.51. The first-order valence-corrected chi connectivity index (χ1v) is 12.0. The molecule has 1 fully saturated rings. The second-order valence-electron chi connectivity index (χ2n) is 8.29. The van der Waals surface area contributed by atoms with Crippen LogP contribution in [0.25, 0.3) is 0 Å². The highest BCUT2D eigenvalue weighted by Crippen LogP contribution is 2.29. The van der Waals surface area contributed by atoms with E-state index in [1.165, 1.54) is 4.31 Å². The highest BCUT2D eigenvalue weighted by Gasteiger charge is 2.30. The Kier molecular flexibility index (Phi) is 6.91. The van der Waals surface area contributed by atoms with Gasteiger partial charge in [-0.05, 0) is 69.4 Å². The number of nitrogens with one attached hydrogen (secondary N) is 2. The van der Waals surface area contributed by atoms with E-state index in [2.05, 4.69) is 10.6 Å². The summed E-state index contributed by atoms with van der Waals surface area (Å²) in [6.07, 6.45) is 1.17. The molecule has 8 heteroatoms. The van der Waals surface area contributed by atoms with Crippen LogP contribution in [0.15, 0.2) is 41.3 Å². The Hall–Kier alpha value is -2.58. The van der Waals surface area contributed by atoms with Crippen LogP contribution in [0.3, 0.4) is 0 Å². The Morgan fingerprint density at radius 3 is 2.32 bits per heavy atom. The predicted octanol–water partition coefficient (Wildman–Crippen LogP) is 2.96. The topological polar surface area (TPSA) is 105 Å². The van der Waals surface area contributed by atoms with Crippen molar-refractivity contribution in [2.45, 2.75) is 57.5 Å². The molecule has 31 heavy (non-hydrogen) atoms. The van der Waals surface area contributed by atoms with E-state index in [0.29, 0.717) is 30.8 Å². The van der Waals surface area contributed by atoms with E-state index in [0.717, 1.165) is 28.1 Å². The van der Waals surface area contributed by atoms with Gasteiger partial charge in [-0.2, -0.15) is 4.31 Å². The number of piperidine rings is 1. The molecule has 0 saturated carbocycles. The van der Waals surface area contributed by atoms with Gasteiger partial charge in [-0.25, -0.2) is 8.42 Å². The summed E-state index contributed by atoms with van der Waals surface area (Å²) >= 11 is 0. The number of carbonyl (C=O) groups excluding carboxylic acids is 1. The molecule has 2 aromatic rings. The first-order valence-electron chi connectivity index (χ1n) is 10.6. The van der Waals surface area contributed by atoms with E-state index < -0.39 is 16.1 Å². The van der Waals surface area contributed by atoms with Gasteiger partial charge >= 0.3 is 0 Å². The smallest absolute Gasteiger partial charge is 0.243 e. The molecular weight excluding hydrogens is 412 g/mol. The van der Waals surface area contributed by atoms with Gasteiger partial charge in [-0.1, -0.05) is 24.3 Å². The Bertz CT molecular complexity index is 1050. The number of sulfonamides is 1. The summed E-state index contributed by atoms with van der Waals surface area (Å²) in [6, 6.07) is 9.98. The molecule has 0 aliphatic carbocycles. The summed E-state index contributed by atoms with van der Waals surface area (Å²) in [4.78, 5) is 13.1. The average molecular weight is 445 g/mol. The van der Waals surface area contributed by atoms with Crippen molar-refractivity contribution in [3.05, 3.63) is 53.1 Å². The number of rotatable bonds is 6. The van der Waals surface area contributed by atoms with Crippen molar-refractivity contribution in [1.82, 2.24) is 9.62 Å². The number of nitrogens with two attached hydrogens (primary N) is 1. The number of amides is 1. The number of benzene rings is 2. The third kappa shape index (κ3) is 5.02. The van der Waals surface area contributed by atoms with Crippen molar-refractivity contribution >= 4 is 27.3 Å². The fraction of sp³-hybridized carbons (Fsp3) is 0.435. The second kappa shape index (κ2) is 9.28. The van der Waals surface area contributed by atoms with E-state index in [1.807, 2.05) is 33.8 Å². The molecule has 2 aromatic carbocycles. The summed E-state index contributed by atoms with van der Waals surface area (Å²) in [5, 5.41) is 6.35. The lowest BCUT2D eigenvalue weighted by molar-refractivity contribution is -0.122. The van der Waals surface area contributed by atoms with Crippen LogP contribution in [0.1, 0.15) is 36.5 Å². The zero-order valence-electron chi connectivity index (χ0n) is 18.6. The van der Waals surface area contributed by atoms with Gasteiger partial charge < -0.3 is 16.4 Å². The van der Waals surface area contributed by atoms with Crippen molar-refractivity contribution < 1.29 is 13.2 Å². The van der Waals surface area contributed by atoms with E-state index in [9.17, 15) is 13.2 Å². The fourth-order valence-electron chi connectivity index (χ4n) is 4.01. The maximum absolute atomic E-state index is 12.8. The van der Waals surface area contributed by atoms with Crippen LogP contribution in [0.5, 0.6) is 0 Å². The number of carbonyl (C=O) groups is 1. The van der Waals surface area contributed by atoms with Crippen LogP contribution < -0.4 is 16.4 Å². The SMILES string of the molecule is Cc1cc(C)c(NC(C)C(=O)NC2CCN(S(=O)(=O)c3ccccc3)CC2)c(C)c1N. The third-order valence-corrected chi connectivity index (χ3v) is 7.88. The van der Waals surface area contributed by atoms with Gasteiger partial charge in [0.2, 0.25) is 15.9 Å². The molecule has 0 aromatic heterocycles. The van der Waals surface area contributed by atoms with Crippen molar-refractivity contribution in [2.75, 3.05) is 24.1 Å². The summed E-state index contributed by atoms with van der Waals surface area (Å²) in [7, 11) is -3.49. The minimum absolute atomic E-state index is 0.0516. The van der Waals surface area contributed by atoms with Crippen molar-refractivity contribution in [3.8, 4) is 0 Å². The van der Waals surface area contributed by atoms with Crippen molar-refractivity contribution in [2.24, 2.45) is 0 Å². The number of hydrogen-bond donors (Lipinski definition) is 3. The lowest BCUT2D eigenvalue weighted by Gasteiger charge is -2.32. The van der Waals surface area contributed by atoms with Crippen LogP contribution in [0.4, 0.5) is 11.4 Å². The molecule has 0 bridgehead atoms. The normalized spacial score (nSPS) is 16.6. The molecule has 1 heterocycles. The highest BCUT2D eigenvalue weighted by molar-refractivity contribution is 7.89. The van der Waals surface area contributed by atoms with Crippen molar-refractivity contribution in [1.29, 1.82) is 0 Å². The van der Waals surface area contributed by atoms with E-state index in [1.54, 1.807) is 30.3 Å². The summed E-state index contributed by atoms with van der Waals surface area (Å²) < 4.78 is 27.0. The average Bonchev–Trinajstić information content (AvgIpc) is 2.76. The number of aryl methyl sites for hydroxylation is 2. The first-order chi connectivity index (χ1) is 14.6. The molecule has 4 N–H and O–H groups in total. The molecule has 1 saturated heterocycles. The molecule has 0 radical (unpaired) electrons. The number of nitrogen functional groups attached to an aromatic ring is 1. The molecule has 168 valence electrons. The Morgan fingerprint density at radius 1 is 1.10 bits per heavy atom. The Labute approximate surface area is 185 Å².